The first-order valence-electron chi connectivity index (χ1n) is 10.5. The molecule has 0 fully saturated rings. The summed E-state index contributed by atoms with van der Waals surface area (Å²) in [7, 11) is 0. The topological polar surface area (TPSA) is 198 Å². The van der Waals surface area contributed by atoms with E-state index in [2.05, 4.69) is 10.0 Å². The molecule has 0 aliphatic rings. The van der Waals surface area contributed by atoms with E-state index in [4.69, 9.17) is 29.2 Å². The summed E-state index contributed by atoms with van der Waals surface area (Å²) in [5, 5.41) is 25.5. The Bertz CT molecular complexity index is 1090. The van der Waals surface area contributed by atoms with Crippen LogP contribution in [-0.2, 0) is 14.2 Å². The Kier molecular flexibility index (Phi) is 11.4. The van der Waals surface area contributed by atoms with Crippen LogP contribution in [-0.4, -0.2) is 55.6 Å². The van der Waals surface area contributed by atoms with E-state index in [9.17, 15) is 25.0 Å². The van der Waals surface area contributed by atoms with Gasteiger partial charge in [0.05, 0.1) is 41.8 Å². The molecule has 192 valence electrons. The molecule has 0 amide bonds. The number of non-ortho nitro benzene ring substituents is 1. The van der Waals surface area contributed by atoms with Crippen LogP contribution in [0.1, 0.15) is 18.6 Å². The van der Waals surface area contributed by atoms with E-state index in [1.807, 2.05) is 0 Å². The van der Waals surface area contributed by atoms with Crippen molar-refractivity contribution in [2.75, 3.05) is 39.6 Å². The van der Waals surface area contributed by atoms with E-state index in [1.165, 1.54) is 37.3 Å². The summed E-state index contributed by atoms with van der Waals surface area (Å²) in [6.07, 6.45) is -2.22. The normalized spacial score (nSPS) is 11.1. The minimum atomic E-state index is -1.15. The zero-order chi connectivity index (χ0) is 26.3. The Morgan fingerprint density at radius 3 is 2.25 bits per heavy atom. The van der Waals surface area contributed by atoms with Gasteiger partial charge in [-0.15, -0.1) is 0 Å². The highest BCUT2D eigenvalue weighted by Gasteiger charge is 2.24. The van der Waals surface area contributed by atoms with Crippen molar-refractivity contribution >= 4 is 17.5 Å². The fourth-order valence-electron chi connectivity index (χ4n) is 2.77. The quantitative estimate of drug-likeness (QED) is 0.0485. The maximum atomic E-state index is 12.1. The molecular weight excluding hydrogens is 482 g/mol. The van der Waals surface area contributed by atoms with E-state index < -0.39 is 22.1 Å². The number of carbonyl (C=O) groups is 1. The lowest BCUT2D eigenvalue weighted by molar-refractivity contribution is -0.386. The monoisotopic (exact) mass is 505 g/mol. The van der Waals surface area contributed by atoms with Gasteiger partial charge in [-0.2, -0.15) is 0 Å². The molecule has 0 aliphatic heterocycles. The van der Waals surface area contributed by atoms with Gasteiger partial charge in [-0.3, -0.25) is 20.2 Å². The molecular formula is C21H23N5O10. The summed E-state index contributed by atoms with van der Waals surface area (Å²) < 4.78 is 26.2. The van der Waals surface area contributed by atoms with Gasteiger partial charge in [-0.1, -0.05) is 5.11 Å². The molecule has 1 atom stereocenters. The van der Waals surface area contributed by atoms with Crippen molar-refractivity contribution < 1.29 is 38.3 Å². The zero-order valence-electron chi connectivity index (χ0n) is 19.2. The largest absolute Gasteiger partial charge is 0.514 e. The van der Waals surface area contributed by atoms with Crippen LogP contribution in [0.4, 0.5) is 16.2 Å². The number of rotatable bonds is 15. The fourth-order valence-corrected chi connectivity index (χ4v) is 2.77. The molecule has 0 heterocycles. The van der Waals surface area contributed by atoms with Crippen molar-refractivity contribution in [2.24, 2.45) is 5.11 Å². The SMILES string of the molecule is CC(OC(=O)Oc1ccc([N+](=O)[O-])cc1)c1cc(OCCOCCOCCN=[N+]=[N-])ccc1[N+](=O)[O-]. The summed E-state index contributed by atoms with van der Waals surface area (Å²) in [4.78, 5) is 35.6. The molecule has 15 nitrogen and oxygen atoms in total. The number of ether oxygens (including phenoxy) is 5. The number of carbonyl (C=O) groups excluding carboxylic acids is 1. The fraction of sp³-hybridized carbons (Fsp3) is 0.381. The number of hydrogen-bond acceptors (Lipinski definition) is 11. The number of hydrogen-bond donors (Lipinski definition) is 0. The summed E-state index contributed by atoms with van der Waals surface area (Å²) in [5.41, 5.74) is 7.76. The van der Waals surface area contributed by atoms with Gasteiger partial charge in [0.1, 0.15) is 24.2 Å². The molecule has 0 saturated carbocycles. The van der Waals surface area contributed by atoms with Crippen LogP contribution in [0.25, 0.3) is 10.4 Å². The van der Waals surface area contributed by atoms with Crippen molar-refractivity contribution in [2.45, 2.75) is 13.0 Å². The van der Waals surface area contributed by atoms with Crippen molar-refractivity contribution in [1.29, 1.82) is 0 Å². The lowest BCUT2D eigenvalue weighted by Gasteiger charge is -2.15. The van der Waals surface area contributed by atoms with Crippen LogP contribution in [0, 0.1) is 20.2 Å². The van der Waals surface area contributed by atoms with Gasteiger partial charge < -0.3 is 23.7 Å². The van der Waals surface area contributed by atoms with Crippen molar-refractivity contribution in [1.82, 2.24) is 0 Å². The maximum absolute atomic E-state index is 12.1. The number of nitro benzene ring substituents is 2. The van der Waals surface area contributed by atoms with Crippen LogP contribution in [0.2, 0.25) is 0 Å². The van der Waals surface area contributed by atoms with Crippen LogP contribution >= 0.6 is 0 Å². The third-order valence-corrected chi connectivity index (χ3v) is 4.42. The van der Waals surface area contributed by atoms with Gasteiger partial charge in [-0.25, -0.2) is 4.79 Å². The third-order valence-electron chi connectivity index (χ3n) is 4.42. The number of benzene rings is 2. The van der Waals surface area contributed by atoms with Gasteiger partial charge in [0.25, 0.3) is 11.4 Å². The van der Waals surface area contributed by atoms with Gasteiger partial charge in [0.15, 0.2) is 0 Å². The van der Waals surface area contributed by atoms with E-state index in [-0.39, 0.29) is 49.1 Å². The molecule has 0 bridgehead atoms. The van der Waals surface area contributed by atoms with E-state index in [0.717, 1.165) is 12.1 Å². The third kappa shape index (κ3) is 9.42. The molecule has 1 unspecified atom stereocenters. The molecule has 2 rings (SSSR count). The van der Waals surface area contributed by atoms with Gasteiger partial charge in [-0.05, 0) is 36.7 Å². The first-order valence-corrected chi connectivity index (χ1v) is 10.5. The Morgan fingerprint density at radius 1 is 0.972 bits per heavy atom. The van der Waals surface area contributed by atoms with E-state index >= 15 is 0 Å². The molecule has 36 heavy (non-hydrogen) atoms. The summed E-state index contributed by atoms with van der Waals surface area (Å²) in [6, 6.07) is 8.76. The average molecular weight is 505 g/mol. The highest BCUT2D eigenvalue weighted by atomic mass is 16.7. The molecule has 2 aromatic rings. The number of nitro groups is 2. The molecule has 0 saturated heterocycles. The van der Waals surface area contributed by atoms with Crippen LogP contribution < -0.4 is 9.47 Å². The second kappa shape index (κ2) is 14.7. The molecule has 2 aromatic carbocycles. The molecule has 0 spiro atoms. The van der Waals surface area contributed by atoms with Crippen LogP contribution in [0.5, 0.6) is 11.5 Å². The zero-order valence-corrected chi connectivity index (χ0v) is 19.2. The lowest BCUT2D eigenvalue weighted by Crippen LogP contribution is -2.15. The van der Waals surface area contributed by atoms with Crippen LogP contribution in [0.3, 0.4) is 0 Å². The van der Waals surface area contributed by atoms with Crippen molar-refractivity contribution in [3.8, 4) is 11.5 Å². The van der Waals surface area contributed by atoms with E-state index in [0.29, 0.717) is 19.0 Å². The van der Waals surface area contributed by atoms with Crippen molar-refractivity contribution in [3.63, 3.8) is 0 Å². The number of nitrogens with zero attached hydrogens (tertiary/aromatic N) is 5. The Hall–Kier alpha value is -4.46. The minimum absolute atomic E-state index is 0.00505. The smallest absolute Gasteiger partial charge is 0.491 e. The van der Waals surface area contributed by atoms with E-state index in [1.54, 1.807) is 0 Å². The van der Waals surface area contributed by atoms with Gasteiger partial charge >= 0.3 is 6.16 Å². The number of azide groups is 1. The second-order valence-electron chi connectivity index (χ2n) is 6.87. The summed E-state index contributed by atoms with van der Waals surface area (Å²) in [6.45, 7) is 2.93. The summed E-state index contributed by atoms with van der Waals surface area (Å²) in [5.74, 6) is 0.300. The highest BCUT2D eigenvalue weighted by molar-refractivity contribution is 5.64. The first kappa shape index (κ1) is 27.8. The lowest BCUT2D eigenvalue weighted by atomic mass is 10.1. The van der Waals surface area contributed by atoms with Crippen LogP contribution in [0.15, 0.2) is 47.6 Å². The Labute approximate surface area is 204 Å². The Balaban J connectivity index is 1.87. The standard InChI is InChI=1S/C21H23N5O10/c1-15(35-21(27)36-17-4-2-16(3-5-17)25(28)29)19-14-18(6-7-20(19)26(30)31)34-13-12-33-11-10-32-9-8-23-24-22/h2-7,14-15H,8-13H2,1H3. The van der Waals surface area contributed by atoms with Crippen molar-refractivity contribution in [3.05, 3.63) is 78.7 Å². The minimum Gasteiger partial charge on any atom is -0.491 e. The maximum Gasteiger partial charge on any atom is 0.514 e. The molecule has 15 heteroatoms. The van der Waals surface area contributed by atoms with Gasteiger partial charge in [0.2, 0.25) is 0 Å². The molecule has 0 N–H and O–H groups in total. The molecule has 0 aromatic heterocycles. The Morgan fingerprint density at radius 2 is 1.61 bits per heavy atom. The predicted molar refractivity (Wildman–Crippen MR) is 123 cm³/mol. The molecule has 0 aliphatic carbocycles. The first-order chi connectivity index (χ1) is 17.3. The predicted octanol–water partition coefficient (Wildman–Crippen LogP) is 4.50. The second-order valence-corrected chi connectivity index (χ2v) is 6.87. The average Bonchev–Trinajstić information content (AvgIpc) is 2.85. The molecule has 0 radical (unpaired) electrons. The summed E-state index contributed by atoms with van der Waals surface area (Å²) >= 11 is 0. The highest BCUT2D eigenvalue weighted by Crippen LogP contribution is 2.31. The van der Waals surface area contributed by atoms with Gasteiger partial charge in [0, 0.05) is 29.7 Å².